The van der Waals surface area contributed by atoms with Crippen molar-refractivity contribution in [3.05, 3.63) is 51.9 Å². The van der Waals surface area contributed by atoms with Crippen LogP contribution in [-0.4, -0.2) is 25.6 Å². The van der Waals surface area contributed by atoms with Crippen molar-refractivity contribution in [1.29, 1.82) is 0 Å². The number of methoxy groups -OCH3 is 1. The van der Waals surface area contributed by atoms with Crippen molar-refractivity contribution >= 4 is 34.3 Å². The molecule has 1 aromatic carbocycles. The fourth-order valence-electron chi connectivity index (χ4n) is 3.11. The number of thiophene rings is 1. The van der Waals surface area contributed by atoms with Crippen LogP contribution in [0.2, 0.25) is 0 Å². The Balaban J connectivity index is 1.77. The SMILES string of the molecule is CCOC(=O)c1c(NC(=O)C=Cc2ccc(OC)cc2)sc2c1CCCC2. The minimum absolute atomic E-state index is 0.269. The van der Waals surface area contributed by atoms with E-state index in [1.807, 2.05) is 24.3 Å². The van der Waals surface area contributed by atoms with E-state index in [2.05, 4.69) is 5.32 Å². The highest BCUT2D eigenvalue weighted by molar-refractivity contribution is 7.17. The molecule has 1 aliphatic rings. The summed E-state index contributed by atoms with van der Waals surface area (Å²) in [5, 5.41) is 3.45. The van der Waals surface area contributed by atoms with E-state index in [9.17, 15) is 9.59 Å². The topological polar surface area (TPSA) is 64.6 Å². The zero-order valence-electron chi connectivity index (χ0n) is 15.5. The molecular formula is C21H23NO4S. The van der Waals surface area contributed by atoms with Crippen molar-refractivity contribution in [3.8, 4) is 5.75 Å². The Morgan fingerprint density at radius 3 is 2.63 bits per heavy atom. The highest BCUT2D eigenvalue weighted by atomic mass is 32.1. The van der Waals surface area contributed by atoms with E-state index in [1.54, 1.807) is 20.1 Å². The van der Waals surface area contributed by atoms with Gasteiger partial charge in [-0.3, -0.25) is 4.79 Å². The van der Waals surface area contributed by atoms with Crippen LogP contribution in [0.25, 0.3) is 6.08 Å². The van der Waals surface area contributed by atoms with Crippen molar-refractivity contribution in [2.24, 2.45) is 0 Å². The first-order chi connectivity index (χ1) is 13.1. The van der Waals surface area contributed by atoms with Gasteiger partial charge in [0.25, 0.3) is 0 Å². The number of amides is 1. The second-order valence-electron chi connectivity index (χ2n) is 6.23. The highest BCUT2D eigenvalue weighted by Crippen LogP contribution is 2.38. The van der Waals surface area contributed by atoms with Gasteiger partial charge in [-0.25, -0.2) is 4.79 Å². The number of rotatable bonds is 6. The molecule has 3 rings (SSSR count). The molecule has 0 radical (unpaired) electrons. The molecule has 0 atom stereocenters. The van der Waals surface area contributed by atoms with Crippen molar-refractivity contribution in [3.63, 3.8) is 0 Å². The van der Waals surface area contributed by atoms with Crippen LogP contribution in [-0.2, 0) is 22.4 Å². The fourth-order valence-corrected chi connectivity index (χ4v) is 4.39. The van der Waals surface area contributed by atoms with Gasteiger partial charge < -0.3 is 14.8 Å². The van der Waals surface area contributed by atoms with Gasteiger partial charge in [0.15, 0.2) is 0 Å². The lowest BCUT2D eigenvalue weighted by Crippen LogP contribution is -2.14. The first-order valence-corrected chi connectivity index (χ1v) is 9.88. The quantitative estimate of drug-likeness (QED) is 0.589. The minimum Gasteiger partial charge on any atom is -0.497 e. The molecule has 27 heavy (non-hydrogen) atoms. The Kier molecular flexibility index (Phi) is 6.29. The minimum atomic E-state index is -0.355. The van der Waals surface area contributed by atoms with Gasteiger partial charge in [-0.05, 0) is 61.9 Å². The highest BCUT2D eigenvalue weighted by Gasteiger charge is 2.26. The molecule has 2 aromatic rings. The molecule has 0 aliphatic heterocycles. The number of hydrogen-bond acceptors (Lipinski definition) is 5. The summed E-state index contributed by atoms with van der Waals surface area (Å²) in [5.74, 6) is 0.140. The Morgan fingerprint density at radius 1 is 1.19 bits per heavy atom. The van der Waals surface area contributed by atoms with Gasteiger partial charge in [0.1, 0.15) is 10.8 Å². The summed E-state index contributed by atoms with van der Waals surface area (Å²) in [4.78, 5) is 26.0. The van der Waals surface area contributed by atoms with Crippen molar-refractivity contribution in [1.82, 2.24) is 0 Å². The van der Waals surface area contributed by atoms with E-state index in [4.69, 9.17) is 9.47 Å². The molecule has 0 unspecified atom stereocenters. The Morgan fingerprint density at radius 2 is 1.93 bits per heavy atom. The van der Waals surface area contributed by atoms with Crippen LogP contribution in [0.5, 0.6) is 5.75 Å². The molecule has 0 bridgehead atoms. The van der Waals surface area contributed by atoms with E-state index in [1.165, 1.54) is 22.3 Å². The first kappa shape index (κ1) is 19.2. The number of nitrogens with one attached hydrogen (secondary N) is 1. The maximum absolute atomic E-state index is 12.4. The van der Waals surface area contributed by atoms with Gasteiger partial charge in [-0.2, -0.15) is 0 Å². The van der Waals surface area contributed by atoms with Crippen molar-refractivity contribution < 1.29 is 19.1 Å². The molecule has 1 aromatic heterocycles. The van der Waals surface area contributed by atoms with Crippen LogP contribution in [0, 0.1) is 0 Å². The van der Waals surface area contributed by atoms with Gasteiger partial charge in [0, 0.05) is 11.0 Å². The fraction of sp³-hybridized carbons (Fsp3) is 0.333. The van der Waals surface area contributed by atoms with Crippen LogP contribution in [0.4, 0.5) is 5.00 Å². The van der Waals surface area contributed by atoms with Crippen LogP contribution >= 0.6 is 11.3 Å². The zero-order chi connectivity index (χ0) is 19.2. The standard InChI is InChI=1S/C21H23NO4S/c1-3-26-21(24)19-16-6-4-5-7-17(16)27-20(19)22-18(23)13-10-14-8-11-15(25-2)12-9-14/h8-13H,3-7H2,1-2H3,(H,22,23). The second kappa shape index (κ2) is 8.86. The molecule has 1 aliphatic carbocycles. The summed E-state index contributed by atoms with van der Waals surface area (Å²) in [6.07, 6.45) is 7.17. The van der Waals surface area contributed by atoms with Crippen LogP contribution in [0.3, 0.4) is 0 Å². The number of fused-ring (bicyclic) bond motifs is 1. The smallest absolute Gasteiger partial charge is 0.341 e. The average molecular weight is 385 g/mol. The Hall–Kier alpha value is -2.60. The van der Waals surface area contributed by atoms with Crippen molar-refractivity contribution in [2.75, 3.05) is 19.0 Å². The number of benzene rings is 1. The lowest BCUT2D eigenvalue weighted by Gasteiger charge is -2.12. The third-order valence-corrected chi connectivity index (χ3v) is 5.64. The average Bonchev–Trinajstić information content (AvgIpc) is 3.04. The Bertz CT molecular complexity index is 852. The Labute approximate surface area is 163 Å². The predicted octanol–water partition coefficient (Wildman–Crippen LogP) is 4.46. The number of aryl methyl sites for hydroxylation is 1. The number of anilines is 1. The maximum Gasteiger partial charge on any atom is 0.341 e. The second-order valence-corrected chi connectivity index (χ2v) is 7.34. The zero-order valence-corrected chi connectivity index (χ0v) is 16.4. The number of hydrogen-bond donors (Lipinski definition) is 1. The lowest BCUT2D eigenvalue weighted by atomic mass is 9.95. The van der Waals surface area contributed by atoms with E-state index in [0.29, 0.717) is 17.2 Å². The van der Waals surface area contributed by atoms with Gasteiger partial charge in [0.2, 0.25) is 5.91 Å². The summed E-state index contributed by atoms with van der Waals surface area (Å²) in [6, 6.07) is 7.42. The van der Waals surface area contributed by atoms with Crippen LogP contribution in [0.15, 0.2) is 30.3 Å². The lowest BCUT2D eigenvalue weighted by molar-refractivity contribution is -0.111. The monoisotopic (exact) mass is 385 g/mol. The molecule has 5 nitrogen and oxygen atoms in total. The molecule has 0 fully saturated rings. The summed E-state index contributed by atoms with van der Waals surface area (Å²) < 4.78 is 10.3. The molecule has 6 heteroatoms. The predicted molar refractivity (Wildman–Crippen MR) is 108 cm³/mol. The number of ether oxygens (including phenoxy) is 2. The summed E-state index contributed by atoms with van der Waals surface area (Å²) in [6.45, 7) is 2.10. The van der Waals surface area contributed by atoms with Gasteiger partial charge in [-0.15, -0.1) is 11.3 Å². The summed E-state index contributed by atoms with van der Waals surface area (Å²) in [5.41, 5.74) is 2.46. The normalized spacial score (nSPS) is 13.3. The molecule has 1 N–H and O–H groups in total. The number of esters is 1. The summed E-state index contributed by atoms with van der Waals surface area (Å²) in [7, 11) is 1.61. The van der Waals surface area contributed by atoms with Gasteiger partial charge in [-0.1, -0.05) is 12.1 Å². The largest absolute Gasteiger partial charge is 0.497 e. The molecule has 1 heterocycles. The van der Waals surface area contributed by atoms with E-state index >= 15 is 0 Å². The maximum atomic E-state index is 12.4. The molecule has 0 saturated heterocycles. The molecular weight excluding hydrogens is 362 g/mol. The van der Waals surface area contributed by atoms with E-state index in [-0.39, 0.29) is 11.9 Å². The van der Waals surface area contributed by atoms with Gasteiger partial charge >= 0.3 is 5.97 Å². The van der Waals surface area contributed by atoms with Crippen LogP contribution < -0.4 is 10.1 Å². The summed E-state index contributed by atoms with van der Waals surface area (Å²) >= 11 is 1.49. The first-order valence-electron chi connectivity index (χ1n) is 9.07. The molecule has 142 valence electrons. The molecule has 0 saturated carbocycles. The molecule has 1 amide bonds. The van der Waals surface area contributed by atoms with E-state index < -0.39 is 0 Å². The third kappa shape index (κ3) is 4.57. The molecule has 0 spiro atoms. The number of carbonyl (C=O) groups is 2. The number of carbonyl (C=O) groups excluding carboxylic acids is 2. The van der Waals surface area contributed by atoms with Gasteiger partial charge in [0.05, 0.1) is 19.3 Å². The van der Waals surface area contributed by atoms with E-state index in [0.717, 1.165) is 42.6 Å². The third-order valence-electron chi connectivity index (χ3n) is 4.43. The van der Waals surface area contributed by atoms with Crippen molar-refractivity contribution in [2.45, 2.75) is 32.6 Å². The van der Waals surface area contributed by atoms with Crippen LogP contribution in [0.1, 0.15) is 46.1 Å².